The summed E-state index contributed by atoms with van der Waals surface area (Å²) in [6.07, 6.45) is 10.9. The summed E-state index contributed by atoms with van der Waals surface area (Å²) >= 11 is 0. The molecule has 0 aromatic heterocycles. The fourth-order valence-electron chi connectivity index (χ4n) is 2.33. The number of rotatable bonds is 11. The van der Waals surface area contributed by atoms with E-state index in [0.29, 0.717) is 6.16 Å². The standard InChI is InChI=1S/C14H29O2P.ClH/c1-4-7-10-17(11-8-5-2,12-9-6-3)13-14(15)16;/h4-13H2,1-3H3;1H. The molecule has 0 aliphatic heterocycles. The van der Waals surface area contributed by atoms with Crippen molar-refractivity contribution in [3.8, 4) is 0 Å². The van der Waals surface area contributed by atoms with Gasteiger partial charge in [-0.05, 0) is 19.3 Å². The number of aliphatic carboxylic acids is 1. The summed E-state index contributed by atoms with van der Waals surface area (Å²) in [5, 5.41) is 11.0. The highest BCUT2D eigenvalue weighted by Gasteiger charge is 2.35. The molecule has 2 nitrogen and oxygen atoms in total. The summed E-state index contributed by atoms with van der Waals surface area (Å²) in [6, 6.07) is 0. The Morgan fingerprint density at radius 3 is 1.44 bits per heavy atom. The number of carboxylic acid groups (broad SMARTS) is 1. The molecule has 0 saturated carbocycles. The maximum Gasteiger partial charge on any atom is 0.0986 e. The predicted molar refractivity (Wildman–Crippen MR) is 83.4 cm³/mol. The van der Waals surface area contributed by atoms with E-state index in [2.05, 4.69) is 20.8 Å². The van der Waals surface area contributed by atoms with E-state index in [9.17, 15) is 9.90 Å². The van der Waals surface area contributed by atoms with E-state index in [1.807, 2.05) is 0 Å². The van der Waals surface area contributed by atoms with Gasteiger partial charge in [0.15, 0.2) is 0 Å². The topological polar surface area (TPSA) is 40.1 Å². The van der Waals surface area contributed by atoms with Crippen molar-refractivity contribution in [2.24, 2.45) is 0 Å². The van der Waals surface area contributed by atoms with Gasteiger partial charge in [0.25, 0.3) is 0 Å². The number of hydrogen-bond acceptors (Lipinski definition) is 2. The first-order valence-corrected chi connectivity index (χ1v) is 9.68. The van der Waals surface area contributed by atoms with Gasteiger partial charge in [-0.2, -0.15) is 0 Å². The van der Waals surface area contributed by atoms with Gasteiger partial charge in [-0.3, -0.25) is 0 Å². The third-order valence-corrected chi connectivity index (χ3v) is 8.15. The van der Waals surface area contributed by atoms with E-state index in [0.717, 1.165) is 18.5 Å². The minimum atomic E-state index is -1.26. The van der Waals surface area contributed by atoms with Crippen molar-refractivity contribution in [2.75, 3.05) is 24.6 Å². The first-order valence-electron chi connectivity index (χ1n) is 7.15. The Labute approximate surface area is 120 Å². The van der Waals surface area contributed by atoms with Crippen LogP contribution in [0.15, 0.2) is 0 Å². The molecule has 0 aromatic carbocycles. The lowest BCUT2D eigenvalue weighted by Crippen LogP contribution is -2.30. The Kier molecular flexibility index (Phi) is 13.9. The average Bonchev–Trinajstić information content (AvgIpc) is 2.30. The summed E-state index contributed by atoms with van der Waals surface area (Å²) < 4.78 is 0. The van der Waals surface area contributed by atoms with E-state index < -0.39 is 13.2 Å². The van der Waals surface area contributed by atoms with Crippen molar-refractivity contribution >= 4 is 25.6 Å². The lowest BCUT2D eigenvalue weighted by molar-refractivity contribution is -0.301. The Bertz CT molecular complexity index is 188. The first kappa shape index (κ1) is 20.5. The number of unbranched alkanes of at least 4 members (excludes halogenated alkanes) is 3. The van der Waals surface area contributed by atoms with Gasteiger partial charge in [0, 0.05) is 7.26 Å². The molecule has 0 amide bonds. The van der Waals surface area contributed by atoms with Crippen LogP contribution in [0.5, 0.6) is 0 Å². The minimum absolute atomic E-state index is 0. The third kappa shape index (κ3) is 9.16. The molecule has 0 N–H and O–H groups in total. The van der Waals surface area contributed by atoms with Gasteiger partial charge in [-0.1, -0.05) is 40.0 Å². The second kappa shape index (κ2) is 12.2. The normalized spacial score (nSPS) is 11.1. The van der Waals surface area contributed by atoms with Crippen molar-refractivity contribution in [2.45, 2.75) is 59.3 Å². The van der Waals surface area contributed by atoms with Gasteiger partial charge < -0.3 is 9.90 Å². The molecule has 0 saturated heterocycles. The first-order chi connectivity index (χ1) is 8.10. The van der Waals surface area contributed by atoms with E-state index in [1.165, 1.54) is 38.5 Å². The Balaban J connectivity index is 0. The molecule has 0 aromatic rings. The number of halogens is 1. The fraction of sp³-hybridized carbons (Fsp3) is 0.929. The van der Waals surface area contributed by atoms with E-state index >= 15 is 0 Å². The highest BCUT2D eigenvalue weighted by atomic mass is 35.5. The summed E-state index contributed by atoms with van der Waals surface area (Å²) in [4.78, 5) is 11.0. The Hall–Kier alpha value is 0.190. The zero-order chi connectivity index (χ0) is 13.1. The van der Waals surface area contributed by atoms with E-state index in [4.69, 9.17) is 0 Å². The number of hydrogen-bond donors (Lipinski definition) is 0. The van der Waals surface area contributed by atoms with Crippen LogP contribution in [0.3, 0.4) is 0 Å². The number of carboxylic acids is 1. The monoisotopic (exact) mass is 296 g/mol. The van der Waals surface area contributed by atoms with Crippen LogP contribution < -0.4 is 5.11 Å². The smallest absolute Gasteiger partial charge is 0.0986 e. The zero-order valence-electron chi connectivity index (χ0n) is 12.2. The van der Waals surface area contributed by atoms with Crippen LogP contribution in [-0.4, -0.2) is 30.6 Å². The van der Waals surface area contributed by atoms with Crippen LogP contribution in [-0.2, 0) is 4.79 Å². The molecule has 0 radical (unpaired) electrons. The van der Waals surface area contributed by atoms with Crippen molar-refractivity contribution in [3.05, 3.63) is 0 Å². The summed E-state index contributed by atoms with van der Waals surface area (Å²) in [6.45, 7) is 6.56. The van der Waals surface area contributed by atoms with Crippen molar-refractivity contribution < 1.29 is 9.90 Å². The molecule has 0 aliphatic rings. The van der Waals surface area contributed by atoms with Crippen LogP contribution in [0.2, 0.25) is 0 Å². The third-order valence-electron chi connectivity index (χ3n) is 3.42. The van der Waals surface area contributed by atoms with Gasteiger partial charge in [0.05, 0.1) is 30.6 Å². The lowest BCUT2D eigenvalue weighted by Gasteiger charge is -2.28. The van der Waals surface area contributed by atoms with Gasteiger partial charge in [-0.25, -0.2) is 0 Å². The average molecular weight is 297 g/mol. The van der Waals surface area contributed by atoms with Crippen molar-refractivity contribution in [3.63, 3.8) is 0 Å². The molecule has 0 unspecified atom stereocenters. The van der Waals surface area contributed by atoms with Crippen LogP contribution >= 0.6 is 19.7 Å². The zero-order valence-corrected chi connectivity index (χ0v) is 14.0. The van der Waals surface area contributed by atoms with Crippen LogP contribution in [0.25, 0.3) is 0 Å². The van der Waals surface area contributed by atoms with Gasteiger partial charge in [0.2, 0.25) is 0 Å². The molecule has 0 heterocycles. The summed E-state index contributed by atoms with van der Waals surface area (Å²) in [5.74, 6) is -0.818. The molecular weight excluding hydrogens is 267 g/mol. The molecule has 0 spiro atoms. The van der Waals surface area contributed by atoms with Crippen molar-refractivity contribution in [1.82, 2.24) is 0 Å². The second-order valence-corrected chi connectivity index (χ2v) is 9.44. The van der Waals surface area contributed by atoms with E-state index in [1.54, 1.807) is 0 Å². The van der Waals surface area contributed by atoms with Crippen LogP contribution in [0.4, 0.5) is 0 Å². The molecule has 18 heavy (non-hydrogen) atoms. The molecule has 0 rings (SSSR count). The van der Waals surface area contributed by atoms with Gasteiger partial charge in [0.1, 0.15) is 0 Å². The second-order valence-electron chi connectivity index (χ2n) is 5.10. The van der Waals surface area contributed by atoms with Gasteiger partial charge in [-0.15, -0.1) is 12.4 Å². The molecular formula is C14H30ClO2P. The largest absolute Gasteiger partial charge is 0.546 e. The molecule has 4 heteroatoms. The molecule has 110 valence electrons. The highest BCUT2D eigenvalue weighted by Crippen LogP contribution is 2.60. The maximum atomic E-state index is 11.0. The predicted octanol–water partition coefficient (Wildman–Crippen LogP) is 3.58. The van der Waals surface area contributed by atoms with Gasteiger partial charge >= 0.3 is 0 Å². The SMILES string of the molecule is CCCC[P+](CCCC)(CCCC)CC(=O)[O-].Cl. The maximum absolute atomic E-state index is 11.0. The Morgan fingerprint density at radius 2 is 1.22 bits per heavy atom. The quantitative estimate of drug-likeness (QED) is 0.547. The molecule has 0 fully saturated rings. The number of carbonyl (C=O) groups excluding carboxylic acids is 1. The van der Waals surface area contributed by atoms with Crippen LogP contribution in [0, 0.1) is 0 Å². The lowest BCUT2D eigenvalue weighted by atomic mass is 10.4. The van der Waals surface area contributed by atoms with Crippen LogP contribution in [0.1, 0.15) is 59.3 Å². The number of carbonyl (C=O) groups is 1. The summed E-state index contributed by atoms with van der Waals surface area (Å²) in [7, 11) is -1.26. The van der Waals surface area contributed by atoms with Crippen molar-refractivity contribution in [1.29, 1.82) is 0 Å². The molecule has 0 aliphatic carbocycles. The molecule has 0 atom stereocenters. The highest BCUT2D eigenvalue weighted by molar-refractivity contribution is 7.76. The summed E-state index contributed by atoms with van der Waals surface area (Å²) in [5.41, 5.74) is 0. The molecule has 0 bridgehead atoms. The Morgan fingerprint density at radius 1 is 0.889 bits per heavy atom. The van der Waals surface area contributed by atoms with E-state index in [-0.39, 0.29) is 12.4 Å². The minimum Gasteiger partial charge on any atom is -0.546 e. The fourth-order valence-corrected chi connectivity index (χ4v) is 6.98.